The largest absolute Gasteiger partial charge is 0.334 e. The first-order chi connectivity index (χ1) is 14.7. The quantitative estimate of drug-likeness (QED) is 0.490. The molecule has 0 saturated carbocycles. The molecular formula is C22H21N5O4. The lowest BCUT2D eigenvalue weighted by Crippen LogP contribution is -2.37. The highest BCUT2D eigenvalue weighted by atomic mass is 16.5. The van der Waals surface area contributed by atoms with Crippen LogP contribution in [0.2, 0.25) is 0 Å². The minimum atomic E-state index is -0.683. The molecule has 4 rings (SSSR count). The molecule has 0 saturated heterocycles. The number of hydrogen-bond donors (Lipinski definition) is 2. The number of carbonyl (C=O) groups is 1. The molecule has 1 amide bonds. The molecule has 4 aromatic rings. The predicted octanol–water partition coefficient (Wildman–Crippen LogP) is 3.25. The smallest absolute Gasteiger partial charge is 0.316 e. The number of rotatable bonds is 4. The van der Waals surface area contributed by atoms with Gasteiger partial charge in [-0.25, -0.2) is 0 Å². The maximum atomic E-state index is 12.2. The molecule has 0 aliphatic heterocycles. The van der Waals surface area contributed by atoms with E-state index in [1.165, 1.54) is 11.5 Å². The van der Waals surface area contributed by atoms with Crippen LogP contribution in [0.5, 0.6) is 0 Å². The Kier molecular flexibility index (Phi) is 5.02. The molecule has 0 fully saturated rings. The number of benzene rings is 2. The fourth-order valence-corrected chi connectivity index (χ4v) is 3.43. The summed E-state index contributed by atoms with van der Waals surface area (Å²) in [6.45, 7) is 7.02. The van der Waals surface area contributed by atoms with Crippen molar-refractivity contribution in [1.29, 1.82) is 0 Å². The van der Waals surface area contributed by atoms with Crippen molar-refractivity contribution in [3.05, 3.63) is 62.7 Å². The Balaban J connectivity index is 1.76. The van der Waals surface area contributed by atoms with Crippen LogP contribution in [0.15, 0.2) is 50.5 Å². The molecule has 158 valence electrons. The number of carbonyl (C=O) groups excluding carboxylic acids is 1. The molecule has 0 unspecified atom stereocenters. The Morgan fingerprint density at radius 1 is 1.13 bits per heavy atom. The summed E-state index contributed by atoms with van der Waals surface area (Å²) in [5.41, 5.74) is 2.71. The van der Waals surface area contributed by atoms with E-state index in [-0.39, 0.29) is 11.9 Å². The summed E-state index contributed by atoms with van der Waals surface area (Å²) >= 11 is 0. The van der Waals surface area contributed by atoms with Crippen LogP contribution in [-0.4, -0.2) is 25.6 Å². The Labute approximate surface area is 176 Å². The molecule has 0 aliphatic carbocycles. The zero-order chi connectivity index (χ0) is 22.3. The van der Waals surface area contributed by atoms with E-state index in [2.05, 4.69) is 20.4 Å². The van der Waals surface area contributed by atoms with E-state index >= 15 is 0 Å². The minimum absolute atomic E-state index is 0.167. The maximum absolute atomic E-state index is 12.2. The van der Waals surface area contributed by atoms with Gasteiger partial charge >= 0.3 is 11.1 Å². The van der Waals surface area contributed by atoms with Crippen LogP contribution < -0.4 is 16.4 Å². The number of nitrogens with one attached hydrogen (secondary N) is 2. The molecule has 2 N–H and O–H groups in total. The first kappa shape index (κ1) is 20.3. The summed E-state index contributed by atoms with van der Waals surface area (Å²) in [5, 5.41) is 6.82. The molecule has 9 heteroatoms. The van der Waals surface area contributed by atoms with Gasteiger partial charge in [-0.3, -0.25) is 19.0 Å². The lowest BCUT2D eigenvalue weighted by atomic mass is 10.1. The van der Waals surface area contributed by atoms with Crippen molar-refractivity contribution in [3.63, 3.8) is 0 Å². The number of nitrogens with zero attached hydrogens (tertiary/aromatic N) is 3. The van der Waals surface area contributed by atoms with Crippen molar-refractivity contribution >= 4 is 22.6 Å². The number of amides is 1. The summed E-state index contributed by atoms with van der Waals surface area (Å²) in [7, 11) is 0. The van der Waals surface area contributed by atoms with Crippen molar-refractivity contribution in [1.82, 2.24) is 19.7 Å². The van der Waals surface area contributed by atoms with E-state index in [1.807, 2.05) is 32.9 Å². The number of anilines is 1. The van der Waals surface area contributed by atoms with E-state index in [4.69, 9.17) is 4.52 Å². The standard InChI is InChI=1S/C22H21N5O4/c1-11(2)27-18-8-7-14(9-17(18)24-20(29)22(27)30)19-25-21(31-26-19)15-6-5-12(3)16(10-15)23-13(4)28/h5-11H,1-4H3,(H,23,28)(H,24,29). The molecular weight excluding hydrogens is 398 g/mol. The van der Waals surface area contributed by atoms with Crippen LogP contribution in [0.1, 0.15) is 32.4 Å². The second-order valence-electron chi connectivity index (χ2n) is 7.59. The molecule has 0 bridgehead atoms. The van der Waals surface area contributed by atoms with Crippen molar-refractivity contribution < 1.29 is 9.32 Å². The van der Waals surface area contributed by atoms with Gasteiger partial charge in [-0.05, 0) is 56.7 Å². The monoisotopic (exact) mass is 419 g/mol. The van der Waals surface area contributed by atoms with Crippen molar-refractivity contribution in [3.8, 4) is 22.8 Å². The number of aromatic amines is 1. The zero-order valence-electron chi connectivity index (χ0n) is 17.5. The third kappa shape index (κ3) is 3.77. The highest BCUT2D eigenvalue weighted by Gasteiger charge is 2.15. The van der Waals surface area contributed by atoms with Crippen molar-refractivity contribution in [2.24, 2.45) is 0 Å². The highest BCUT2D eigenvalue weighted by molar-refractivity contribution is 5.90. The Morgan fingerprint density at radius 2 is 1.87 bits per heavy atom. The summed E-state index contributed by atoms with van der Waals surface area (Å²) < 4.78 is 6.87. The number of H-pyrrole nitrogens is 1. The summed E-state index contributed by atoms with van der Waals surface area (Å²) in [4.78, 5) is 42.8. The topological polar surface area (TPSA) is 123 Å². The van der Waals surface area contributed by atoms with Crippen molar-refractivity contribution in [2.75, 3.05) is 5.32 Å². The average Bonchev–Trinajstić information content (AvgIpc) is 3.20. The minimum Gasteiger partial charge on any atom is -0.334 e. The Morgan fingerprint density at radius 3 is 2.58 bits per heavy atom. The number of fused-ring (bicyclic) bond motifs is 1. The Bertz CT molecular complexity index is 1430. The van der Waals surface area contributed by atoms with Gasteiger partial charge in [-0.15, -0.1) is 0 Å². The Hall–Kier alpha value is -4.01. The van der Waals surface area contributed by atoms with E-state index in [1.54, 1.807) is 24.3 Å². The number of hydrogen-bond acceptors (Lipinski definition) is 6. The molecule has 0 radical (unpaired) electrons. The van der Waals surface area contributed by atoms with Crippen molar-refractivity contribution in [2.45, 2.75) is 33.7 Å². The van der Waals surface area contributed by atoms with Gasteiger partial charge in [0.05, 0.1) is 11.0 Å². The number of aromatic nitrogens is 4. The van der Waals surface area contributed by atoms with Gasteiger partial charge in [0.2, 0.25) is 11.7 Å². The van der Waals surface area contributed by atoms with Gasteiger partial charge in [-0.2, -0.15) is 4.98 Å². The van der Waals surface area contributed by atoms with Crippen LogP contribution in [0.4, 0.5) is 5.69 Å². The molecule has 0 spiro atoms. The van der Waals surface area contributed by atoms with E-state index in [0.717, 1.165) is 5.56 Å². The lowest BCUT2D eigenvalue weighted by Gasteiger charge is -2.13. The van der Waals surface area contributed by atoms with Crippen LogP contribution in [0.3, 0.4) is 0 Å². The summed E-state index contributed by atoms with van der Waals surface area (Å²) in [6, 6.07) is 10.5. The summed E-state index contributed by atoms with van der Waals surface area (Å²) in [5.74, 6) is 0.459. The number of aryl methyl sites for hydroxylation is 1. The van der Waals surface area contributed by atoms with Crippen LogP contribution in [0.25, 0.3) is 33.9 Å². The molecule has 9 nitrogen and oxygen atoms in total. The molecule has 0 aliphatic rings. The van der Waals surface area contributed by atoms with Gasteiger partial charge < -0.3 is 14.8 Å². The molecule has 31 heavy (non-hydrogen) atoms. The second-order valence-corrected chi connectivity index (χ2v) is 7.59. The molecule has 2 heterocycles. The maximum Gasteiger partial charge on any atom is 0.316 e. The van der Waals surface area contributed by atoms with Gasteiger partial charge in [0.15, 0.2) is 0 Å². The van der Waals surface area contributed by atoms with Gasteiger partial charge in [0.25, 0.3) is 5.89 Å². The van der Waals surface area contributed by atoms with Crippen LogP contribution >= 0.6 is 0 Å². The van der Waals surface area contributed by atoms with E-state index in [9.17, 15) is 14.4 Å². The third-order valence-electron chi connectivity index (χ3n) is 4.91. The average molecular weight is 419 g/mol. The predicted molar refractivity (Wildman–Crippen MR) is 117 cm³/mol. The zero-order valence-corrected chi connectivity index (χ0v) is 17.5. The van der Waals surface area contributed by atoms with E-state index in [0.29, 0.717) is 39.6 Å². The van der Waals surface area contributed by atoms with E-state index < -0.39 is 11.1 Å². The molecule has 0 atom stereocenters. The normalized spacial score (nSPS) is 11.3. The van der Waals surface area contributed by atoms with Crippen LogP contribution in [-0.2, 0) is 4.79 Å². The molecule has 2 aromatic heterocycles. The lowest BCUT2D eigenvalue weighted by molar-refractivity contribution is -0.114. The fraction of sp³-hybridized carbons (Fsp3) is 0.227. The second kappa shape index (κ2) is 7.67. The molecule has 2 aromatic carbocycles. The van der Waals surface area contributed by atoms with Gasteiger partial charge in [0, 0.05) is 29.8 Å². The SMILES string of the molecule is CC(=O)Nc1cc(-c2nc(-c3ccc4c(c3)[nH]c(=O)c(=O)n4C(C)C)no2)ccc1C. The fourth-order valence-electron chi connectivity index (χ4n) is 3.43. The highest BCUT2D eigenvalue weighted by Crippen LogP contribution is 2.27. The summed E-state index contributed by atoms with van der Waals surface area (Å²) in [6.07, 6.45) is 0. The van der Waals surface area contributed by atoms with Gasteiger partial charge in [-0.1, -0.05) is 11.2 Å². The van der Waals surface area contributed by atoms with Crippen LogP contribution in [0, 0.1) is 6.92 Å². The van der Waals surface area contributed by atoms with Gasteiger partial charge in [0.1, 0.15) is 0 Å². The first-order valence-electron chi connectivity index (χ1n) is 9.76. The first-order valence-corrected chi connectivity index (χ1v) is 9.76. The third-order valence-corrected chi connectivity index (χ3v) is 4.91.